The summed E-state index contributed by atoms with van der Waals surface area (Å²) >= 11 is 0. The van der Waals surface area contributed by atoms with Crippen molar-refractivity contribution in [3.63, 3.8) is 0 Å². The van der Waals surface area contributed by atoms with E-state index in [4.69, 9.17) is 0 Å². The minimum atomic E-state index is -0.948. The van der Waals surface area contributed by atoms with Crippen molar-refractivity contribution in [2.45, 2.75) is 45.1 Å². The third-order valence-corrected chi connectivity index (χ3v) is 4.08. The molecule has 4 nitrogen and oxygen atoms in total. The Kier molecular flexibility index (Phi) is 4.33. The molecule has 1 fully saturated rings. The standard InChI is InChI=1S/C16H23NO3/c1-11-5-6-13(15(18)19)14(8-11)17-10-16(20)7-3-4-12(2)9-16/h5-6,8,12,17,20H,3-4,7,9-10H2,1-2H3,(H,18,19). The molecule has 0 aliphatic heterocycles. The minimum absolute atomic E-state index is 0.253. The Morgan fingerprint density at radius 1 is 1.50 bits per heavy atom. The number of aliphatic hydroxyl groups is 1. The van der Waals surface area contributed by atoms with E-state index < -0.39 is 11.6 Å². The molecule has 0 heterocycles. The lowest BCUT2D eigenvalue weighted by Crippen LogP contribution is -2.41. The van der Waals surface area contributed by atoms with Gasteiger partial charge in [-0.15, -0.1) is 0 Å². The van der Waals surface area contributed by atoms with Gasteiger partial charge in [0.05, 0.1) is 11.2 Å². The van der Waals surface area contributed by atoms with Crippen molar-refractivity contribution in [2.24, 2.45) is 5.92 Å². The Labute approximate surface area is 119 Å². The SMILES string of the molecule is Cc1ccc(C(=O)O)c(NCC2(O)CCCC(C)C2)c1. The molecule has 1 aromatic carbocycles. The second-order valence-electron chi connectivity index (χ2n) is 6.13. The number of hydrogen-bond donors (Lipinski definition) is 3. The molecule has 110 valence electrons. The quantitative estimate of drug-likeness (QED) is 0.791. The number of carbonyl (C=O) groups is 1. The lowest BCUT2D eigenvalue weighted by Gasteiger charge is -2.36. The van der Waals surface area contributed by atoms with Crippen LogP contribution in [0.25, 0.3) is 0 Å². The number of hydrogen-bond acceptors (Lipinski definition) is 3. The monoisotopic (exact) mass is 277 g/mol. The Bertz CT molecular complexity index is 500. The third kappa shape index (κ3) is 3.51. The smallest absolute Gasteiger partial charge is 0.337 e. The second kappa shape index (κ2) is 5.83. The van der Waals surface area contributed by atoms with Gasteiger partial charge in [0.15, 0.2) is 0 Å². The fourth-order valence-electron chi connectivity index (χ4n) is 3.04. The first kappa shape index (κ1) is 14.9. The molecule has 2 rings (SSSR count). The van der Waals surface area contributed by atoms with Gasteiger partial charge in [-0.05, 0) is 43.4 Å². The minimum Gasteiger partial charge on any atom is -0.478 e. The summed E-state index contributed by atoms with van der Waals surface area (Å²) in [5.74, 6) is -0.427. The Morgan fingerprint density at radius 3 is 2.90 bits per heavy atom. The van der Waals surface area contributed by atoms with Gasteiger partial charge >= 0.3 is 5.97 Å². The number of carboxylic acid groups (broad SMARTS) is 1. The maximum Gasteiger partial charge on any atom is 0.337 e. The lowest BCUT2D eigenvalue weighted by atomic mass is 9.79. The van der Waals surface area contributed by atoms with E-state index in [0.29, 0.717) is 18.2 Å². The molecule has 1 aliphatic rings. The molecule has 0 spiro atoms. The Hall–Kier alpha value is -1.55. The second-order valence-corrected chi connectivity index (χ2v) is 6.13. The first-order valence-corrected chi connectivity index (χ1v) is 7.20. The van der Waals surface area contributed by atoms with Gasteiger partial charge in [0.1, 0.15) is 0 Å². The average molecular weight is 277 g/mol. The predicted molar refractivity (Wildman–Crippen MR) is 79.2 cm³/mol. The van der Waals surface area contributed by atoms with Crippen molar-refractivity contribution in [3.8, 4) is 0 Å². The first-order chi connectivity index (χ1) is 9.39. The summed E-state index contributed by atoms with van der Waals surface area (Å²) in [7, 11) is 0. The van der Waals surface area contributed by atoms with Crippen LogP contribution >= 0.6 is 0 Å². The molecule has 0 aromatic heterocycles. The highest BCUT2D eigenvalue weighted by atomic mass is 16.4. The van der Waals surface area contributed by atoms with Gasteiger partial charge in [-0.25, -0.2) is 4.79 Å². The van der Waals surface area contributed by atoms with Crippen LogP contribution in [0.4, 0.5) is 5.69 Å². The van der Waals surface area contributed by atoms with Crippen LogP contribution in [0.1, 0.15) is 48.5 Å². The van der Waals surface area contributed by atoms with E-state index >= 15 is 0 Å². The van der Waals surface area contributed by atoms with E-state index in [0.717, 1.165) is 31.2 Å². The van der Waals surface area contributed by atoms with Crippen LogP contribution in [0.15, 0.2) is 18.2 Å². The van der Waals surface area contributed by atoms with Crippen LogP contribution in [-0.2, 0) is 0 Å². The summed E-state index contributed by atoms with van der Waals surface area (Å²) in [4.78, 5) is 11.2. The topological polar surface area (TPSA) is 69.6 Å². The number of carboxylic acids is 1. The van der Waals surface area contributed by atoms with E-state index in [1.54, 1.807) is 12.1 Å². The molecule has 1 aliphatic carbocycles. The summed E-state index contributed by atoms with van der Waals surface area (Å²) in [5, 5.41) is 22.9. The van der Waals surface area contributed by atoms with Gasteiger partial charge in [-0.1, -0.05) is 25.8 Å². The van der Waals surface area contributed by atoms with E-state index in [2.05, 4.69) is 12.2 Å². The van der Waals surface area contributed by atoms with Gasteiger partial charge in [0.25, 0.3) is 0 Å². The van der Waals surface area contributed by atoms with Crippen LogP contribution in [0.3, 0.4) is 0 Å². The summed E-state index contributed by atoms with van der Waals surface area (Å²) in [6.45, 7) is 4.48. The van der Waals surface area contributed by atoms with Crippen LogP contribution in [-0.4, -0.2) is 28.3 Å². The molecular weight excluding hydrogens is 254 g/mol. The van der Waals surface area contributed by atoms with Crippen molar-refractivity contribution >= 4 is 11.7 Å². The fourth-order valence-corrected chi connectivity index (χ4v) is 3.04. The zero-order chi connectivity index (χ0) is 14.8. The highest BCUT2D eigenvalue weighted by molar-refractivity contribution is 5.94. The number of aryl methyl sites for hydroxylation is 1. The molecule has 2 atom stereocenters. The zero-order valence-corrected chi connectivity index (χ0v) is 12.1. The van der Waals surface area contributed by atoms with Gasteiger partial charge in [0, 0.05) is 12.2 Å². The van der Waals surface area contributed by atoms with Crippen LogP contribution < -0.4 is 5.32 Å². The number of benzene rings is 1. The molecule has 0 amide bonds. The van der Waals surface area contributed by atoms with Crippen LogP contribution in [0.2, 0.25) is 0 Å². The molecule has 1 aromatic rings. The predicted octanol–water partition coefficient (Wildman–Crippen LogP) is 3.05. The zero-order valence-electron chi connectivity index (χ0n) is 12.1. The fraction of sp³-hybridized carbons (Fsp3) is 0.562. The van der Waals surface area contributed by atoms with E-state index in [1.807, 2.05) is 13.0 Å². The molecule has 20 heavy (non-hydrogen) atoms. The van der Waals surface area contributed by atoms with Crippen molar-refractivity contribution in [2.75, 3.05) is 11.9 Å². The van der Waals surface area contributed by atoms with E-state index in [-0.39, 0.29) is 5.56 Å². The van der Waals surface area contributed by atoms with Crippen LogP contribution in [0.5, 0.6) is 0 Å². The maximum atomic E-state index is 11.2. The molecule has 0 radical (unpaired) electrons. The number of aromatic carboxylic acids is 1. The number of nitrogens with one attached hydrogen (secondary N) is 1. The third-order valence-electron chi connectivity index (χ3n) is 4.08. The molecule has 2 unspecified atom stereocenters. The van der Waals surface area contributed by atoms with Gasteiger partial charge < -0.3 is 15.5 Å². The normalized spacial score (nSPS) is 26.2. The highest BCUT2D eigenvalue weighted by Crippen LogP contribution is 2.32. The summed E-state index contributed by atoms with van der Waals surface area (Å²) < 4.78 is 0. The molecule has 3 N–H and O–H groups in total. The molecule has 1 saturated carbocycles. The highest BCUT2D eigenvalue weighted by Gasteiger charge is 2.32. The van der Waals surface area contributed by atoms with E-state index in [1.165, 1.54) is 0 Å². The molecule has 0 saturated heterocycles. The van der Waals surface area contributed by atoms with Gasteiger partial charge in [0.2, 0.25) is 0 Å². The van der Waals surface area contributed by atoms with Gasteiger partial charge in [-0.2, -0.15) is 0 Å². The Balaban J connectivity index is 2.10. The van der Waals surface area contributed by atoms with Crippen molar-refractivity contribution in [1.82, 2.24) is 0 Å². The first-order valence-electron chi connectivity index (χ1n) is 7.20. The Morgan fingerprint density at radius 2 is 2.25 bits per heavy atom. The maximum absolute atomic E-state index is 11.2. The summed E-state index contributed by atoms with van der Waals surface area (Å²) in [5.41, 5.74) is 1.12. The molecular formula is C16H23NO3. The van der Waals surface area contributed by atoms with Crippen molar-refractivity contribution < 1.29 is 15.0 Å². The summed E-state index contributed by atoms with van der Waals surface area (Å²) in [6, 6.07) is 5.21. The number of anilines is 1. The largest absolute Gasteiger partial charge is 0.478 e. The molecule has 4 heteroatoms. The van der Waals surface area contributed by atoms with Crippen LogP contribution in [0, 0.1) is 12.8 Å². The van der Waals surface area contributed by atoms with Gasteiger partial charge in [-0.3, -0.25) is 0 Å². The summed E-state index contributed by atoms with van der Waals surface area (Å²) in [6.07, 6.45) is 3.73. The average Bonchev–Trinajstić information content (AvgIpc) is 2.36. The van der Waals surface area contributed by atoms with E-state index in [9.17, 15) is 15.0 Å². The van der Waals surface area contributed by atoms with Crippen molar-refractivity contribution in [1.29, 1.82) is 0 Å². The molecule has 0 bridgehead atoms. The number of rotatable bonds is 4. The van der Waals surface area contributed by atoms with Crippen molar-refractivity contribution in [3.05, 3.63) is 29.3 Å². The lowest BCUT2D eigenvalue weighted by molar-refractivity contribution is -0.000809.